The lowest BCUT2D eigenvalue weighted by molar-refractivity contribution is 0.0586. The quantitative estimate of drug-likeness (QED) is 0.807. The van der Waals surface area contributed by atoms with Crippen LogP contribution >= 0.6 is 0 Å². The van der Waals surface area contributed by atoms with Crippen molar-refractivity contribution in [1.29, 1.82) is 0 Å². The summed E-state index contributed by atoms with van der Waals surface area (Å²) >= 11 is 0. The second-order valence-electron chi connectivity index (χ2n) is 7.38. The van der Waals surface area contributed by atoms with Crippen molar-refractivity contribution in [3.63, 3.8) is 0 Å². The summed E-state index contributed by atoms with van der Waals surface area (Å²) in [6.07, 6.45) is 7.18. The highest BCUT2D eigenvalue weighted by atomic mass is 15.3. The van der Waals surface area contributed by atoms with E-state index < -0.39 is 0 Å². The normalized spacial score (nSPS) is 39.8. The number of hydrogen-bond donors (Lipinski definition) is 1. The van der Waals surface area contributed by atoms with Gasteiger partial charge in [0.2, 0.25) is 0 Å². The molecule has 18 heavy (non-hydrogen) atoms. The number of piperazine rings is 1. The molecule has 1 aliphatic heterocycles. The van der Waals surface area contributed by atoms with Crippen molar-refractivity contribution < 1.29 is 0 Å². The van der Waals surface area contributed by atoms with Crippen LogP contribution in [0.25, 0.3) is 0 Å². The van der Waals surface area contributed by atoms with Crippen molar-refractivity contribution in [2.24, 2.45) is 17.8 Å². The maximum absolute atomic E-state index is 3.86. The standard InChI is InChI=1S/C16H30N2/c1-4-15-9-17-16(3,14-7-8-14)11-18(15)10-12(2)13-5-6-13/h12-15,17H,4-11H2,1-3H3. The Morgan fingerprint density at radius 3 is 2.56 bits per heavy atom. The number of hydrogen-bond acceptors (Lipinski definition) is 2. The highest BCUT2D eigenvalue weighted by molar-refractivity contribution is 5.04. The highest BCUT2D eigenvalue weighted by Gasteiger charge is 2.46. The fraction of sp³-hybridized carbons (Fsp3) is 1.00. The van der Waals surface area contributed by atoms with E-state index in [9.17, 15) is 0 Å². The van der Waals surface area contributed by atoms with Gasteiger partial charge < -0.3 is 5.32 Å². The first-order chi connectivity index (χ1) is 8.62. The van der Waals surface area contributed by atoms with Gasteiger partial charge in [0.25, 0.3) is 0 Å². The second-order valence-corrected chi connectivity index (χ2v) is 7.38. The first-order valence-corrected chi connectivity index (χ1v) is 8.11. The topological polar surface area (TPSA) is 15.3 Å². The predicted molar refractivity (Wildman–Crippen MR) is 76.7 cm³/mol. The first-order valence-electron chi connectivity index (χ1n) is 8.11. The van der Waals surface area contributed by atoms with Gasteiger partial charge in [-0.2, -0.15) is 0 Å². The molecule has 0 aromatic heterocycles. The molecule has 1 saturated heterocycles. The number of nitrogens with zero attached hydrogens (tertiary/aromatic N) is 1. The molecule has 2 nitrogen and oxygen atoms in total. The molecule has 0 aromatic carbocycles. The maximum Gasteiger partial charge on any atom is 0.0309 e. The van der Waals surface area contributed by atoms with Gasteiger partial charge in [0.1, 0.15) is 0 Å². The Morgan fingerprint density at radius 2 is 2.00 bits per heavy atom. The van der Waals surface area contributed by atoms with Crippen LogP contribution in [0, 0.1) is 17.8 Å². The van der Waals surface area contributed by atoms with Gasteiger partial charge in [0, 0.05) is 31.2 Å². The Balaban J connectivity index is 1.62. The predicted octanol–water partition coefficient (Wildman–Crippen LogP) is 2.89. The third kappa shape index (κ3) is 2.60. The Kier molecular flexibility index (Phi) is 3.44. The van der Waals surface area contributed by atoms with Gasteiger partial charge in [-0.1, -0.05) is 13.8 Å². The van der Waals surface area contributed by atoms with E-state index in [1.54, 1.807) is 0 Å². The van der Waals surface area contributed by atoms with Crippen LogP contribution in [0.3, 0.4) is 0 Å². The largest absolute Gasteiger partial charge is 0.308 e. The van der Waals surface area contributed by atoms with Crippen molar-refractivity contribution in [3.8, 4) is 0 Å². The van der Waals surface area contributed by atoms with Gasteiger partial charge in [-0.3, -0.25) is 4.90 Å². The molecule has 3 atom stereocenters. The fourth-order valence-corrected chi connectivity index (χ4v) is 3.88. The van der Waals surface area contributed by atoms with Crippen LogP contribution in [0.4, 0.5) is 0 Å². The summed E-state index contributed by atoms with van der Waals surface area (Å²) < 4.78 is 0. The highest BCUT2D eigenvalue weighted by Crippen LogP contribution is 2.42. The van der Waals surface area contributed by atoms with Crippen LogP contribution in [0.2, 0.25) is 0 Å². The van der Waals surface area contributed by atoms with E-state index in [0.717, 1.165) is 23.8 Å². The Morgan fingerprint density at radius 1 is 1.28 bits per heavy atom. The smallest absolute Gasteiger partial charge is 0.0309 e. The summed E-state index contributed by atoms with van der Waals surface area (Å²) in [6, 6.07) is 0.776. The number of nitrogens with one attached hydrogen (secondary N) is 1. The van der Waals surface area contributed by atoms with E-state index in [-0.39, 0.29) is 0 Å². The van der Waals surface area contributed by atoms with Crippen molar-refractivity contribution in [3.05, 3.63) is 0 Å². The van der Waals surface area contributed by atoms with Crippen LogP contribution in [0.1, 0.15) is 52.9 Å². The molecule has 3 unspecified atom stereocenters. The molecule has 3 rings (SSSR count). The molecule has 1 heterocycles. The van der Waals surface area contributed by atoms with Gasteiger partial charge in [-0.25, -0.2) is 0 Å². The summed E-state index contributed by atoms with van der Waals surface area (Å²) in [5.74, 6) is 2.92. The molecule has 2 aliphatic carbocycles. The van der Waals surface area contributed by atoms with E-state index >= 15 is 0 Å². The lowest BCUT2D eigenvalue weighted by atomic mass is 9.89. The van der Waals surface area contributed by atoms with E-state index in [1.165, 1.54) is 51.7 Å². The van der Waals surface area contributed by atoms with Gasteiger partial charge >= 0.3 is 0 Å². The third-order valence-corrected chi connectivity index (χ3v) is 5.69. The van der Waals surface area contributed by atoms with Gasteiger partial charge in [-0.05, 0) is 56.8 Å². The molecule has 2 heteroatoms. The SMILES string of the molecule is CCC1CNC(C)(C2CC2)CN1CC(C)C1CC1. The molecular formula is C16H30N2. The van der Waals surface area contributed by atoms with Crippen molar-refractivity contribution >= 4 is 0 Å². The monoisotopic (exact) mass is 250 g/mol. The fourth-order valence-electron chi connectivity index (χ4n) is 3.88. The molecule has 3 fully saturated rings. The Hall–Kier alpha value is -0.0800. The second kappa shape index (κ2) is 4.79. The lowest BCUT2D eigenvalue weighted by Gasteiger charge is -2.47. The van der Waals surface area contributed by atoms with Crippen LogP contribution in [-0.2, 0) is 0 Å². The lowest BCUT2D eigenvalue weighted by Crippen LogP contribution is -2.64. The van der Waals surface area contributed by atoms with Crippen LogP contribution < -0.4 is 5.32 Å². The zero-order valence-corrected chi connectivity index (χ0v) is 12.4. The van der Waals surface area contributed by atoms with E-state index in [2.05, 4.69) is 31.0 Å². The van der Waals surface area contributed by atoms with Crippen molar-refractivity contribution in [2.45, 2.75) is 64.5 Å². The zero-order chi connectivity index (χ0) is 12.8. The minimum absolute atomic E-state index is 0.412. The molecule has 104 valence electrons. The van der Waals surface area contributed by atoms with E-state index in [1.807, 2.05) is 0 Å². The van der Waals surface area contributed by atoms with Crippen LogP contribution in [0.15, 0.2) is 0 Å². The third-order valence-electron chi connectivity index (χ3n) is 5.69. The average Bonchev–Trinajstić information content (AvgIpc) is 3.19. The van der Waals surface area contributed by atoms with Crippen molar-refractivity contribution in [1.82, 2.24) is 10.2 Å². The molecule has 2 saturated carbocycles. The summed E-state index contributed by atoms with van der Waals surface area (Å²) in [6.45, 7) is 11.1. The summed E-state index contributed by atoms with van der Waals surface area (Å²) in [7, 11) is 0. The average molecular weight is 250 g/mol. The van der Waals surface area contributed by atoms with Crippen molar-refractivity contribution in [2.75, 3.05) is 19.6 Å². The van der Waals surface area contributed by atoms with Gasteiger partial charge in [0.05, 0.1) is 0 Å². The van der Waals surface area contributed by atoms with Crippen LogP contribution in [-0.4, -0.2) is 36.1 Å². The summed E-state index contributed by atoms with van der Waals surface area (Å²) in [4.78, 5) is 2.82. The molecule has 0 spiro atoms. The van der Waals surface area contributed by atoms with Crippen LogP contribution in [0.5, 0.6) is 0 Å². The minimum Gasteiger partial charge on any atom is -0.308 e. The molecule has 0 amide bonds. The Labute approximate surface area is 113 Å². The molecule has 0 aromatic rings. The van der Waals surface area contributed by atoms with Gasteiger partial charge in [-0.15, -0.1) is 0 Å². The molecule has 3 aliphatic rings. The van der Waals surface area contributed by atoms with Gasteiger partial charge in [0.15, 0.2) is 0 Å². The minimum atomic E-state index is 0.412. The molecule has 0 radical (unpaired) electrons. The zero-order valence-electron chi connectivity index (χ0n) is 12.4. The molecule has 0 bridgehead atoms. The maximum atomic E-state index is 3.86. The number of rotatable bonds is 5. The molecule has 1 N–H and O–H groups in total. The van der Waals surface area contributed by atoms with E-state index in [0.29, 0.717) is 5.54 Å². The summed E-state index contributed by atoms with van der Waals surface area (Å²) in [5, 5.41) is 3.86. The summed E-state index contributed by atoms with van der Waals surface area (Å²) in [5.41, 5.74) is 0.412. The van der Waals surface area contributed by atoms with E-state index in [4.69, 9.17) is 0 Å². The first kappa shape index (κ1) is 12.9. The molecular weight excluding hydrogens is 220 g/mol. The Bertz CT molecular complexity index is 295.